The van der Waals surface area contributed by atoms with Crippen LogP contribution in [0.15, 0.2) is 48.8 Å². The predicted molar refractivity (Wildman–Crippen MR) is 113 cm³/mol. The van der Waals surface area contributed by atoms with Crippen molar-refractivity contribution in [1.82, 2.24) is 9.97 Å². The molecule has 4 rings (SSSR count). The van der Waals surface area contributed by atoms with Crippen LogP contribution in [0.5, 0.6) is 11.5 Å². The number of rotatable bonds is 6. The van der Waals surface area contributed by atoms with Crippen molar-refractivity contribution in [2.75, 3.05) is 30.0 Å². The van der Waals surface area contributed by atoms with Gasteiger partial charge in [0, 0.05) is 24.0 Å². The Morgan fingerprint density at radius 2 is 1.93 bits per heavy atom. The molecule has 1 aliphatic heterocycles. The lowest BCUT2D eigenvalue weighted by molar-refractivity contribution is -0.383. The molecule has 0 saturated carbocycles. The lowest BCUT2D eigenvalue weighted by Crippen LogP contribution is -2.20. The van der Waals surface area contributed by atoms with Crippen LogP contribution in [0.4, 0.5) is 28.7 Å². The first kappa shape index (κ1) is 19.4. The van der Waals surface area contributed by atoms with Gasteiger partial charge in [0.1, 0.15) is 19.5 Å². The van der Waals surface area contributed by atoms with E-state index in [1.165, 1.54) is 6.33 Å². The molecule has 2 aromatic carbocycles. The first-order valence-electron chi connectivity index (χ1n) is 9.57. The Kier molecular flexibility index (Phi) is 5.34. The SMILES string of the molecule is CCN(c1cccc(C)c1)c1ncnc(Nc2ccc3c(c2)OCCO3)c1[N+](=O)[O-]. The zero-order valence-electron chi connectivity index (χ0n) is 16.7. The van der Waals surface area contributed by atoms with E-state index in [0.29, 0.717) is 36.9 Å². The van der Waals surface area contributed by atoms with E-state index in [9.17, 15) is 10.1 Å². The van der Waals surface area contributed by atoms with E-state index < -0.39 is 4.92 Å². The van der Waals surface area contributed by atoms with E-state index in [1.54, 1.807) is 23.1 Å². The Morgan fingerprint density at radius 1 is 1.13 bits per heavy atom. The van der Waals surface area contributed by atoms with Crippen LogP contribution in [-0.4, -0.2) is 34.6 Å². The molecule has 1 aliphatic rings. The van der Waals surface area contributed by atoms with E-state index in [0.717, 1.165) is 11.3 Å². The fourth-order valence-corrected chi connectivity index (χ4v) is 3.33. The highest BCUT2D eigenvalue weighted by molar-refractivity contribution is 5.78. The fourth-order valence-electron chi connectivity index (χ4n) is 3.33. The summed E-state index contributed by atoms with van der Waals surface area (Å²) in [6.45, 7) is 5.34. The summed E-state index contributed by atoms with van der Waals surface area (Å²) in [7, 11) is 0. The van der Waals surface area contributed by atoms with Gasteiger partial charge in [0.2, 0.25) is 11.6 Å². The number of ether oxygens (including phenoxy) is 2. The molecule has 3 aromatic rings. The van der Waals surface area contributed by atoms with Crippen LogP contribution in [0.25, 0.3) is 0 Å². The number of nitrogens with zero attached hydrogens (tertiary/aromatic N) is 4. The molecular weight excluding hydrogens is 386 g/mol. The Balaban J connectivity index is 1.74. The second-order valence-electron chi connectivity index (χ2n) is 6.72. The molecule has 9 nitrogen and oxygen atoms in total. The Bertz CT molecular complexity index is 1090. The second-order valence-corrected chi connectivity index (χ2v) is 6.72. The highest BCUT2D eigenvalue weighted by Crippen LogP contribution is 2.39. The third kappa shape index (κ3) is 3.82. The van der Waals surface area contributed by atoms with Crippen molar-refractivity contribution in [3.8, 4) is 11.5 Å². The molecule has 0 atom stereocenters. The number of fused-ring (bicyclic) bond motifs is 1. The number of aryl methyl sites for hydroxylation is 1. The van der Waals surface area contributed by atoms with Crippen LogP contribution < -0.4 is 19.7 Å². The predicted octanol–water partition coefficient (Wildman–Crippen LogP) is 4.37. The number of hydrogen-bond donors (Lipinski definition) is 1. The second kappa shape index (κ2) is 8.24. The maximum atomic E-state index is 12.0. The van der Waals surface area contributed by atoms with Gasteiger partial charge in [-0.15, -0.1) is 0 Å². The van der Waals surface area contributed by atoms with E-state index in [-0.39, 0.29) is 17.3 Å². The Morgan fingerprint density at radius 3 is 2.67 bits per heavy atom. The van der Waals surface area contributed by atoms with Gasteiger partial charge < -0.3 is 19.7 Å². The minimum Gasteiger partial charge on any atom is -0.486 e. The van der Waals surface area contributed by atoms with E-state index in [2.05, 4.69) is 15.3 Å². The minimum atomic E-state index is -0.464. The molecule has 154 valence electrons. The molecule has 0 spiro atoms. The van der Waals surface area contributed by atoms with Crippen molar-refractivity contribution in [3.63, 3.8) is 0 Å². The summed E-state index contributed by atoms with van der Waals surface area (Å²) in [6.07, 6.45) is 1.32. The summed E-state index contributed by atoms with van der Waals surface area (Å²) in [5.41, 5.74) is 2.28. The molecular formula is C21H21N5O4. The van der Waals surface area contributed by atoms with Crippen LogP contribution in [0.2, 0.25) is 0 Å². The highest BCUT2D eigenvalue weighted by atomic mass is 16.6. The summed E-state index contributed by atoms with van der Waals surface area (Å²) in [6, 6.07) is 13.0. The lowest BCUT2D eigenvalue weighted by Gasteiger charge is -2.23. The molecule has 1 aromatic heterocycles. The third-order valence-corrected chi connectivity index (χ3v) is 4.68. The molecule has 0 bridgehead atoms. The number of benzene rings is 2. The molecule has 0 radical (unpaired) electrons. The molecule has 0 unspecified atom stereocenters. The molecule has 0 aliphatic carbocycles. The van der Waals surface area contributed by atoms with Gasteiger partial charge in [-0.2, -0.15) is 0 Å². The summed E-state index contributed by atoms with van der Waals surface area (Å²) >= 11 is 0. The van der Waals surface area contributed by atoms with Gasteiger partial charge >= 0.3 is 5.69 Å². The van der Waals surface area contributed by atoms with Crippen molar-refractivity contribution in [1.29, 1.82) is 0 Å². The van der Waals surface area contributed by atoms with Crippen LogP contribution in [-0.2, 0) is 0 Å². The van der Waals surface area contributed by atoms with Gasteiger partial charge in [0.15, 0.2) is 11.5 Å². The van der Waals surface area contributed by atoms with Gasteiger partial charge in [-0.25, -0.2) is 9.97 Å². The van der Waals surface area contributed by atoms with Crippen molar-refractivity contribution in [2.24, 2.45) is 0 Å². The summed E-state index contributed by atoms with van der Waals surface area (Å²) < 4.78 is 11.1. The molecule has 30 heavy (non-hydrogen) atoms. The molecule has 1 N–H and O–H groups in total. The zero-order chi connectivity index (χ0) is 21.1. The monoisotopic (exact) mass is 407 g/mol. The quantitative estimate of drug-likeness (QED) is 0.475. The van der Waals surface area contributed by atoms with E-state index in [4.69, 9.17) is 9.47 Å². The topological polar surface area (TPSA) is 103 Å². The van der Waals surface area contributed by atoms with Crippen molar-refractivity contribution >= 4 is 28.7 Å². The number of anilines is 4. The van der Waals surface area contributed by atoms with E-state index >= 15 is 0 Å². The van der Waals surface area contributed by atoms with Gasteiger partial charge in [-0.1, -0.05) is 12.1 Å². The summed E-state index contributed by atoms with van der Waals surface area (Å²) in [5.74, 6) is 1.55. The third-order valence-electron chi connectivity index (χ3n) is 4.68. The van der Waals surface area contributed by atoms with Gasteiger partial charge in [0.05, 0.1) is 4.92 Å². The fraction of sp³-hybridized carbons (Fsp3) is 0.238. The molecule has 2 heterocycles. The molecule has 0 amide bonds. The molecule has 0 saturated heterocycles. The van der Waals surface area contributed by atoms with Gasteiger partial charge in [0.25, 0.3) is 0 Å². The summed E-state index contributed by atoms with van der Waals surface area (Å²) in [4.78, 5) is 21.7. The molecule has 0 fully saturated rings. The lowest BCUT2D eigenvalue weighted by atomic mass is 10.2. The van der Waals surface area contributed by atoms with Gasteiger partial charge in [-0.05, 0) is 43.7 Å². The average Bonchev–Trinajstić information content (AvgIpc) is 2.74. The highest BCUT2D eigenvalue weighted by Gasteiger charge is 2.28. The number of aromatic nitrogens is 2. The van der Waals surface area contributed by atoms with Crippen LogP contribution >= 0.6 is 0 Å². The van der Waals surface area contributed by atoms with Crippen LogP contribution in [0.3, 0.4) is 0 Å². The largest absolute Gasteiger partial charge is 0.486 e. The first-order valence-corrected chi connectivity index (χ1v) is 9.57. The number of hydrogen-bond acceptors (Lipinski definition) is 8. The summed E-state index contributed by atoms with van der Waals surface area (Å²) in [5, 5.41) is 15.0. The number of nitro groups is 1. The van der Waals surface area contributed by atoms with Crippen molar-refractivity contribution < 1.29 is 14.4 Å². The van der Waals surface area contributed by atoms with E-state index in [1.807, 2.05) is 38.1 Å². The van der Waals surface area contributed by atoms with Crippen LogP contribution in [0.1, 0.15) is 12.5 Å². The van der Waals surface area contributed by atoms with Crippen molar-refractivity contribution in [3.05, 3.63) is 64.5 Å². The van der Waals surface area contributed by atoms with Gasteiger partial charge in [-0.3, -0.25) is 10.1 Å². The smallest absolute Gasteiger partial charge is 0.354 e. The van der Waals surface area contributed by atoms with Crippen molar-refractivity contribution in [2.45, 2.75) is 13.8 Å². The molecule has 9 heteroatoms. The number of nitrogens with one attached hydrogen (secondary N) is 1. The Labute approximate surface area is 173 Å². The normalized spacial score (nSPS) is 12.3. The standard InChI is InChI=1S/C21H21N5O4/c1-3-25(16-6-4-5-14(2)11-16)21-19(26(27)28)20(22-13-23-21)24-15-7-8-17-18(12-15)30-10-9-29-17/h4-8,11-13H,3,9-10H2,1-2H3,(H,22,23,24). The first-order chi connectivity index (χ1) is 14.6. The van der Waals surface area contributed by atoms with Crippen LogP contribution in [0, 0.1) is 17.0 Å². The maximum absolute atomic E-state index is 12.0. The minimum absolute atomic E-state index is 0.104. The average molecular weight is 407 g/mol. The maximum Gasteiger partial charge on any atom is 0.354 e. The zero-order valence-corrected chi connectivity index (χ0v) is 16.7. The Hall–Kier alpha value is -3.88.